The van der Waals surface area contributed by atoms with Crippen molar-refractivity contribution in [3.8, 4) is 22.6 Å². The van der Waals surface area contributed by atoms with Crippen molar-refractivity contribution >= 4 is 11.6 Å². The Morgan fingerprint density at radius 2 is 1.34 bits per heavy atom. The number of benzene rings is 4. The van der Waals surface area contributed by atoms with E-state index in [0.717, 1.165) is 39.1 Å². The van der Waals surface area contributed by atoms with Crippen molar-refractivity contribution in [2.75, 3.05) is 5.32 Å². The molecule has 35 heavy (non-hydrogen) atoms. The first-order valence-corrected chi connectivity index (χ1v) is 11.8. The second kappa shape index (κ2) is 8.02. The summed E-state index contributed by atoms with van der Waals surface area (Å²) in [6.07, 6.45) is 0. The molecule has 1 heterocycles. The lowest BCUT2D eigenvalue weighted by atomic mass is 9.68. The molecule has 0 fully saturated rings. The topological polar surface area (TPSA) is 69.6 Å². The van der Waals surface area contributed by atoms with E-state index in [0.29, 0.717) is 22.3 Å². The fraction of sp³-hybridized carbons (Fsp3) is 0.194. The average Bonchev–Trinajstić information content (AvgIpc) is 3.12. The van der Waals surface area contributed by atoms with Crippen LogP contribution in [0.15, 0.2) is 66.7 Å². The molecule has 0 saturated heterocycles. The van der Waals surface area contributed by atoms with E-state index >= 15 is 0 Å². The molecule has 0 saturated carbocycles. The first-order chi connectivity index (χ1) is 16.6. The molecule has 4 heteroatoms. The van der Waals surface area contributed by atoms with E-state index in [1.165, 1.54) is 0 Å². The van der Waals surface area contributed by atoms with Gasteiger partial charge in [-0.15, -0.1) is 0 Å². The first-order valence-electron chi connectivity index (χ1n) is 11.8. The summed E-state index contributed by atoms with van der Waals surface area (Å²) in [5, 5.41) is 24.9. The lowest BCUT2D eigenvalue weighted by Crippen LogP contribution is -2.37. The molecule has 0 aliphatic carbocycles. The lowest BCUT2D eigenvalue weighted by molar-refractivity contribution is -0.118. The lowest BCUT2D eigenvalue weighted by Gasteiger charge is -2.31. The highest BCUT2D eigenvalue weighted by Gasteiger charge is 2.51. The maximum atomic E-state index is 14.0. The normalized spacial score (nSPS) is 16.8. The molecule has 4 nitrogen and oxygen atoms in total. The van der Waals surface area contributed by atoms with Crippen LogP contribution >= 0.6 is 0 Å². The zero-order chi connectivity index (χ0) is 25.1. The molecule has 1 unspecified atom stereocenters. The molecule has 0 radical (unpaired) electrons. The minimum absolute atomic E-state index is 0.110. The fourth-order valence-electron chi connectivity index (χ4n) is 5.30. The van der Waals surface area contributed by atoms with Gasteiger partial charge in [-0.1, -0.05) is 66.2 Å². The largest absolute Gasteiger partial charge is 0.507 e. The zero-order valence-corrected chi connectivity index (χ0v) is 20.7. The molecule has 1 aliphatic heterocycles. The Morgan fingerprint density at radius 3 is 2.03 bits per heavy atom. The van der Waals surface area contributed by atoms with Crippen LogP contribution in [0.1, 0.15) is 44.5 Å². The van der Waals surface area contributed by atoms with Crippen molar-refractivity contribution in [2.45, 2.75) is 40.0 Å². The van der Waals surface area contributed by atoms with E-state index in [4.69, 9.17) is 0 Å². The van der Waals surface area contributed by atoms with Gasteiger partial charge < -0.3 is 15.5 Å². The summed E-state index contributed by atoms with van der Waals surface area (Å²) in [4.78, 5) is 14.0. The van der Waals surface area contributed by atoms with Gasteiger partial charge in [0.25, 0.3) is 0 Å². The van der Waals surface area contributed by atoms with Gasteiger partial charge in [-0.25, -0.2) is 0 Å². The Bertz CT molecular complexity index is 1500. The van der Waals surface area contributed by atoms with Gasteiger partial charge in [0.2, 0.25) is 5.91 Å². The van der Waals surface area contributed by atoms with Crippen LogP contribution in [0.3, 0.4) is 0 Å². The Kier molecular flexibility index (Phi) is 5.21. The van der Waals surface area contributed by atoms with Gasteiger partial charge >= 0.3 is 0 Å². The Hall–Kier alpha value is -4.05. The molecule has 0 aromatic heterocycles. The van der Waals surface area contributed by atoms with Gasteiger partial charge in [-0.3, -0.25) is 4.79 Å². The number of hydrogen-bond donors (Lipinski definition) is 3. The van der Waals surface area contributed by atoms with Crippen LogP contribution < -0.4 is 5.32 Å². The second-order valence-electron chi connectivity index (χ2n) is 9.70. The van der Waals surface area contributed by atoms with Crippen molar-refractivity contribution in [3.05, 3.63) is 111 Å². The molecule has 5 rings (SSSR count). The van der Waals surface area contributed by atoms with Gasteiger partial charge in [0.1, 0.15) is 16.9 Å². The zero-order valence-electron chi connectivity index (χ0n) is 20.7. The minimum Gasteiger partial charge on any atom is -0.507 e. The minimum atomic E-state index is -1.26. The van der Waals surface area contributed by atoms with Gasteiger partial charge in [0.05, 0.1) is 0 Å². The van der Waals surface area contributed by atoms with E-state index in [2.05, 4.69) is 30.4 Å². The van der Waals surface area contributed by atoms with Crippen LogP contribution in [0, 0.1) is 34.6 Å². The van der Waals surface area contributed by atoms with Crippen molar-refractivity contribution < 1.29 is 15.0 Å². The summed E-state index contributed by atoms with van der Waals surface area (Å²) < 4.78 is 0. The molecule has 3 N–H and O–H groups in total. The summed E-state index contributed by atoms with van der Waals surface area (Å²) in [5.41, 5.74) is 7.78. The van der Waals surface area contributed by atoms with E-state index < -0.39 is 5.41 Å². The van der Waals surface area contributed by atoms with E-state index in [1.807, 2.05) is 76.2 Å². The average molecular weight is 464 g/mol. The smallest absolute Gasteiger partial charge is 0.244 e. The maximum Gasteiger partial charge on any atom is 0.244 e. The number of carbonyl (C=O) groups excluding carboxylic acids is 1. The van der Waals surface area contributed by atoms with Gasteiger partial charge in [-0.2, -0.15) is 0 Å². The third-order valence-corrected chi connectivity index (χ3v) is 7.39. The molecule has 176 valence electrons. The number of aryl methyl sites for hydroxylation is 4. The van der Waals surface area contributed by atoms with E-state index in [-0.39, 0.29) is 17.4 Å². The third-order valence-electron chi connectivity index (χ3n) is 7.39. The Morgan fingerprint density at radius 1 is 0.686 bits per heavy atom. The summed E-state index contributed by atoms with van der Waals surface area (Å²) >= 11 is 0. The summed E-state index contributed by atoms with van der Waals surface area (Å²) in [7, 11) is 0. The maximum absolute atomic E-state index is 14.0. The van der Waals surface area contributed by atoms with Gasteiger partial charge in [0.15, 0.2) is 0 Å². The standard InChI is InChI=1S/C31H29NO3/c1-17-7-6-8-22(13-17)23-10-12-25-27(16-23)32-30(35)31(25,24-14-19(3)28(33)20(4)15-24)26-11-9-18(2)21(5)29(26)34/h6-16,33-34H,1-5H3,(H,32,35). The number of amides is 1. The van der Waals surface area contributed by atoms with E-state index in [9.17, 15) is 15.0 Å². The number of phenols is 2. The Balaban J connectivity index is 1.83. The molecular formula is C31H29NO3. The summed E-state index contributed by atoms with van der Waals surface area (Å²) in [5.74, 6) is 0.0951. The number of fused-ring (bicyclic) bond motifs is 1. The van der Waals surface area contributed by atoms with Crippen molar-refractivity contribution in [3.63, 3.8) is 0 Å². The summed E-state index contributed by atoms with van der Waals surface area (Å²) in [6, 6.07) is 21.8. The highest BCUT2D eigenvalue weighted by Crippen LogP contribution is 2.52. The predicted octanol–water partition coefficient (Wildman–Crippen LogP) is 6.59. The molecule has 1 amide bonds. The predicted molar refractivity (Wildman–Crippen MR) is 140 cm³/mol. The number of rotatable bonds is 3. The van der Waals surface area contributed by atoms with E-state index in [1.54, 1.807) is 0 Å². The highest BCUT2D eigenvalue weighted by atomic mass is 16.3. The second-order valence-corrected chi connectivity index (χ2v) is 9.70. The number of aromatic hydroxyl groups is 2. The molecule has 4 aromatic carbocycles. The van der Waals surface area contributed by atoms with Crippen LogP contribution in [0.25, 0.3) is 11.1 Å². The van der Waals surface area contributed by atoms with Gasteiger partial charge in [-0.05, 0) is 79.6 Å². The van der Waals surface area contributed by atoms with Crippen molar-refractivity contribution in [1.29, 1.82) is 0 Å². The van der Waals surface area contributed by atoms with Crippen molar-refractivity contribution in [1.82, 2.24) is 0 Å². The number of phenolic OH excluding ortho intramolecular Hbond substituents is 2. The van der Waals surface area contributed by atoms with Crippen LogP contribution in [0.2, 0.25) is 0 Å². The first kappa shape index (κ1) is 22.7. The van der Waals surface area contributed by atoms with Crippen molar-refractivity contribution in [2.24, 2.45) is 0 Å². The number of anilines is 1. The molecular weight excluding hydrogens is 434 g/mol. The highest BCUT2D eigenvalue weighted by molar-refractivity contribution is 6.12. The van der Waals surface area contributed by atoms with Crippen LogP contribution in [0.4, 0.5) is 5.69 Å². The van der Waals surface area contributed by atoms with Gasteiger partial charge in [0, 0.05) is 16.8 Å². The van der Waals surface area contributed by atoms with Crippen LogP contribution in [0.5, 0.6) is 11.5 Å². The quantitative estimate of drug-likeness (QED) is 0.321. The van der Waals surface area contributed by atoms with Crippen LogP contribution in [-0.2, 0) is 10.2 Å². The fourth-order valence-corrected chi connectivity index (χ4v) is 5.30. The molecule has 1 atom stereocenters. The molecule has 0 spiro atoms. The molecule has 0 bridgehead atoms. The third kappa shape index (κ3) is 3.32. The molecule has 1 aliphatic rings. The Labute approximate surface area is 205 Å². The summed E-state index contributed by atoms with van der Waals surface area (Å²) in [6.45, 7) is 9.52. The molecule has 4 aromatic rings. The monoisotopic (exact) mass is 463 g/mol. The number of nitrogens with one attached hydrogen (secondary N) is 1. The number of hydrogen-bond acceptors (Lipinski definition) is 3. The SMILES string of the molecule is Cc1cccc(-c2ccc3c(c2)NC(=O)C3(c2cc(C)c(O)c(C)c2)c2ccc(C)c(C)c2O)c1. The van der Waals surface area contributed by atoms with Crippen LogP contribution in [-0.4, -0.2) is 16.1 Å². The number of carbonyl (C=O) groups is 1.